The lowest BCUT2D eigenvalue weighted by atomic mass is 10.2. The molecule has 2 aromatic heterocycles. The second-order valence-electron chi connectivity index (χ2n) is 4.52. The maximum atomic E-state index is 4.19. The van der Waals surface area contributed by atoms with Crippen LogP contribution in [0.15, 0.2) is 62.5 Å². The molecule has 2 heterocycles. The minimum Gasteiger partial charge on any atom is -0.230 e. The van der Waals surface area contributed by atoms with Gasteiger partial charge in [0.25, 0.3) is 12.7 Å². The lowest BCUT2D eigenvalue weighted by molar-refractivity contribution is -0.786. The molecule has 0 atom stereocenters. The van der Waals surface area contributed by atoms with Crippen molar-refractivity contribution in [1.29, 1.82) is 0 Å². The van der Waals surface area contributed by atoms with Gasteiger partial charge in [0.1, 0.15) is 36.9 Å². The van der Waals surface area contributed by atoms with Gasteiger partial charge >= 0.3 is 0 Å². The minimum absolute atomic E-state index is 0.847. The zero-order valence-electron chi connectivity index (χ0n) is 11.7. The average Bonchev–Trinajstić information content (AvgIpc) is 2.48. The van der Waals surface area contributed by atoms with Crippen molar-refractivity contribution in [2.45, 2.75) is 25.9 Å². The second-order valence-corrected chi connectivity index (χ2v) is 4.52. The zero-order chi connectivity index (χ0) is 14.2. The van der Waals surface area contributed by atoms with Crippen LogP contribution in [0.2, 0.25) is 0 Å². The van der Waals surface area contributed by atoms with Crippen molar-refractivity contribution in [3.8, 4) is 0 Å². The fraction of sp³-hybridized carbons (Fsp3) is 0.250. The highest BCUT2D eigenvalue weighted by Gasteiger charge is 2.10. The number of nitrogens with zero attached hydrogens (tertiary/aromatic N) is 4. The molecule has 4 nitrogen and oxygen atoms in total. The molecule has 2 aromatic rings. The Labute approximate surface area is 119 Å². The first kappa shape index (κ1) is 14.1. The Kier molecular flexibility index (Phi) is 5.12. The first-order chi connectivity index (χ1) is 9.85. The summed E-state index contributed by atoms with van der Waals surface area (Å²) in [5.74, 6) is 0. The fourth-order valence-corrected chi connectivity index (χ4v) is 2.12. The Hall–Kier alpha value is -2.36. The van der Waals surface area contributed by atoms with E-state index in [0.29, 0.717) is 0 Å². The molecule has 0 saturated carbocycles. The predicted octanol–water partition coefficient (Wildman–Crippen LogP) is 1.21. The molecule has 0 radical (unpaired) electrons. The van der Waals surface area contributed by atoms with Gasteiger partial charge in [0.2, 0.25) is 0 Å². The molecular weight excluding hydrogens is 248 g/mol. The number of rotatable bonds is 7. The third-order valence-corrected chi connectivity index (χ3v) is 3.14. The molecule has 0 aliphatic heterocycles. The van der Waals surface area contributed by atoms with E-state index in [1.807, 2.05) is 49.3 Å². The summed E-state index contributed by atoms with van der Waals surface area (Å²) in [7, 11) is 0. The van der Waals surface area contributed by atoms with Crippen LogP contribution in [0.3, 0.4) is 0 Å². The maximum absolute atomic E-state index is 4.19. The molecule has 0 aliphatic carbocycles. The average molecular weight is 268 g/mol. The van der Waals surface area contributed by atoms with E-state index in [2.05, 4.69) is 32.3 Å². The van der Waals surface area contributed by atoms with Crippen LogP contribution in [0, 0.1) is 0 Å². The molecule has 0 spiro atoms. The standard InChI is InChI=1S/C16H20N4/c1-3-5-15-7-9-17-13-19(15)11-12-20-14-18-10-8-16(20)6-4-2/h3-4,7-10,13-14H,1-2,5-6,11-12H2/q+2. The zero-order valence-corrected chi connectivity index (χ0v) is 11.7. The predicted molar refractivity (Wildman–Crippen MR) is 76.7 cm³/mol. The van der Waals surface area contributed by atoms with E-state index < -0.39 is 0 Å². The summed E-state index contributed by atoms with van der Waals surface area (Å²) in [6, 6.07) is 4.06. The van der Waals surface area contributed by atoms with Gasteiger partial charge in [0, 0.05) is 25.0 Å². The van der Waals surface area contributed by atoms with Crippen molar-refractivity contribution in [2.75, 3.05) is 0 Å². The topological polar surface area (TPSA) is 33.5 Å². The third-order valence-electron chi connectivity index (χ3n) is 3.14. The molecule has 0 aromatic carbocycles. The highest BCUT2D eigenvalue weighted by Crippen LogP contribution is 1.94. The van der Waals surface area contributed by atoms with E-state index in [-0.39, 0.29) is 0 Å². The third kappa shape index (κ3) is 3.57. The van der Waals surface area contributed by atoms with Crippen molar-refractivity contribution in [2.24, 2.45) is 0 Å². The van der Waals surface area contributed by atoms with Gasteiger partial charge in [-0.25, -0.2) is 9.13 Å². The van der Waals surface area contributed by atoms with E-state index in [9.17, 15) is 0 Å². The van der Waals surface area contributed by atoms with Crippen molar-refractivity contribution in [1.82, 2.24) is 9.97 Å². The van der Waals surface area contributed by atoms with Crippen LogP contribution in [0.25, 0.3) is 0 Å². The fourth-order valence-electron chi connectivity index (χ4n) is 2.12. The summed E-state index contributed by atoms with van der Waals surface area (Å²) in [5, 5.41) is 0. The summed E-state index contributed by atoms with van der Waals surface area (Å²) in [6.07, 6.45) is 12.9. The largest absolute Gasteiger partial charge is 0.286 e. The van der Waals surface area contributed by atoms with E-state index in [4.69, 9.17) is 0 Å². The van der Waals surface area contributed by atoms with Crippen LogP contribution in [0.1, 0.15) is 11.4 Å². The number of aromatic nitrogens is 4. The lowest BCUT2D eigenvalue weighted by Gasteiger charge is -2.06. The van der Waals surface area contributed by atoms with Crippen molar-refractivity contribution in [3.05, 3.63) is 73.9 Å². The Morgan fingerprint density at radius 1 is 0.850 bits per heavy atom. The van der Waals surface area contributed by atoms with Gasteiger partial charge in [-0.2, -0.15) is 0 Å². The lowest BCUT2D eigenvalue weighted by Crippen LogP contribution is -2.48. The maximum Gasteiger partial charge on any atom is 0.286 e. The van der Waals surface area contributed by atoms with Gasteiger partial charge in [-0.15, -0.1) is 13.2 Å². The van der Waals surface area contributed by atoms with Crippen molar-refractivity contribution >= 4 is 0 Å². The normalized spacial score (nSPS) is 10.2. The molecule has 0 unspecified atom stereocenters. The SMILES string of the molecule is C=CCc1ccnc[n+]1CC[n+]1cnccc1CC=C. The van der Waals surface area contributed by atoms with Gasteiger partial charge in [-0.05, 0) is 0 Å². The van der Waals surface area contributed by atoms with E-state index in [1.54, 1.807) is 0 Å². The summed E-state index contributed by atoms with van der Waals surface area (Å²) >= 11 is 0. The molecule has 0 aliphatic rings. The minimum atomic E-state index is 0.847. The molecule has 0 bridgehead atoms. The van der Waals surface area contributed by atoms with Crippen LogP contribution in [-0.2, 0) is 25.9 Å². The van der Waals surface area contributed by atoms with Gasteiger partial charge < -0.3 is 0 Å². The number of hydrogen-bond donors (Lipinski definition) is 0. The summed E-state index contributed by atoms with van der Waals surface area (Å²) < 4.78 is 4.30. The van der Waals surface area contributed by atoms with E-state index in [0.717, 1.165) is 25.9 Å². The Bertz CT molecular complexity index is 539. The van der Waals surface area contributed by atoms with Gasteiger partial charge in [-0.1, -0.05) is 22.1 Å². The highest BCUT2D eigenvalue weighted by atomic mass is 15.1. The molecule has 4 heteroatoms. The Morgan fingerprint density at radius 3 is 1.70 bits per heavy atom. The quantitative estimate of drug-likeness (QED) is 0.558. The molecular formula is C16H20N4+2. The molecule has 0 fully saturated rings. The second kappa shape index (κ2) is 7.28. The van der Waals surface area contributed by atoms with Crippen LogP contribution in [0.4, 0.5) is 0 Å². The molecule has 0 N–H and O–H groups in total. The molecule has 102 valence electrons. The van der Waals surface area contributed by atoms with Gasteiger partial charge in [-0.3, -0.25) is 0 Å². The Morgan fingerprint density at radius 2 is 1.30 bits per heavy atom. The smallest absolute Gasteiger partial charge is 0.230 e. The monoisotopic (exact) mass is 268 g/mol. The van der Waals surface area contributed by atoms with E-state index in [1.165, 1.54) is 11.4 Å². The summed E-state index contributed by atoms with van der Waals surface area (Å²) in [6.45, 7) is 9.30. The van der Waals surface area contributed by atoms with Crippen molar-refractivity contribution < 1.29 is 9.13 Å². The van der Waals surface area contributed by atoms with Gasteiger partial charge in [0.05, 0.1) is 0 Å². The van der Waals surface area contributed by atoms with Gasteiger partial charge in [0.15, 0.2) is 0 Å². The summed E-state index contributed by atoms with van der Waals surface area (Å²) in [4.78, 5) is 8.37. The summed E-state index contributed by atoms with van der Waals surface area (Å²) in [5.41, 5.74) is 2.43. The van der Waals surface area contributed by atoms with Crippen LogP contribution in [-0.4, -0.2) is 9.97 Å². The van der Waals surface area contributed by atoms with Crippen molar-refractivity contribution in [3.63, 3.8) is 0 Å². The van der Waals surface area contributed by atoms with Crippen LogP contribution in [0.5, 0.6) is 0 Å². The first-order valence-electron chi connectivity index (χ1n) is 6.71. The van der Waals surface area contributed by atoms with E-state index >= 15 is 0 Å². The number of hydrogen-bond acceptors (Lipinski definition) is 2. The highest BCUT2D eigenvalue weighted by molar-refractivity contribution is 4.97. The molecule has 0 saturated heterocycles. The number of allylic oxidation sites excluding steroid dienone is 2. The first-order valence-corrected chi connectivity index (χ1v) is 6.71. The molecule has 2 rings (SSSR count). The molecule has 20 heavy (non-hydrogen) atoms. The molecule has 0 amide bonds. The van der Waals surface area contributed by atoms with Crippen LogP contribution >= 0.6 is 0 Å². The van der Waals surface area contributed by atoms with Crippen LogP contribution < -0.4 is 9.13 Å². The number of aryl methyl sites for hydroxylation is 2. The Balaban J connectivity index is 2.12.